The van der Waals surface area contributed by atoms with E-state index < -0.39 is 0 Å². The van der Waals surface area contributed by atoms with Gasteiger partial charge in [-0.15, -0.1) is 6.58 Å². The van der Waals surface area contributed by atoms with Crippen molar-refractivity contribution < 1.29 is 14.2 Å². The fourth-order valence-corrected chi connectivity index (χ4v) is 2.53. The van der Waals surface area contributed by atoms with Crippen molar-refractivity contribution in [1.82, 2.24) is 0 Å². The highest BCUT2D eigenvalue weighted by Gasteiger charge is 2.23. The Labute approximate surface area is 105 Å². The molecular formula is C14H26O3. The first-order valence-electron chi connectivity index (χ1n) is 6.54. The van der Waals surface area contributed by atoms with E-state index in [4.69, 9.17) is 14.2 Å². The minimum atomic E-state index is 0.380. The maximum absolute atomic E-state index is 5.58. The zero-order valence-corrected chi connectivity index (χ0v) is 11.2. The van der Waals surface area contributed by atoms with E-state index >= 15 is 0 Å². The topological polar surface area (TPSA) is 27.7 Å². The molecule has 0 heterocycles. The van der Waals surface area contributed by atoms with Gasteiger partial charge in [0.15, 0.2) is 0 Å². The summed E-state index contributed by atoms with van der Waals surface area (Å²) in [5, 5.41) is 0. The first-order valence-corrected chi connectivity index (χ1v) is 6.54. The molecule has 0 spiro atoms. The number of ether oxygens (including phenoxy) is 3. The third-order valence-corrected chi connectivity index (χ3v) is 3.50. The summed E-state index contributed by atoms with van der Waals surface area (Å²) >= 11 is 0. The summed E-state index contributed by atoms with van der Waals surface area (Å²) < 4.78 is 16.6. The molecule has 0 aliphatic heterocycles. The standard InChI is InChI=1S/C14H26O3/c1-4-8-17-11-12-9-13(15-2)6-5-7-14(10-12)16-3/h4,12-14H,1,5-11H2,2-3H3. The number of methoxy groups -OCH3 is 2. The molecular weight excluding hydrogens is 216 g/mol. The van der Waals surface area contributed by atoms with Crippen LogP contribution in [0.3, 0.4) is 0 Å². The van der Waals surface area contributed by atoms with Gasteiger partial charge in [0.1, 0.15) is 0 Å². The molecule has 0 saturated heterocycles. The molecule has 0 N–H and O–H groups in total. The van der Waals surface area contributed by atoms with Crippen molar-refractivity contribution in [3.05, 3.63) is 12.7 Å². The Morgan fingerprint density at radius 3 is 2.18 bits per heavy atom. The molecule has 1 fully saturated rings. The van der Waals surface area contributed by atoms with E-state index in [1.807, 2.05) is 14.2 Å². The molecule has 3 heteroatoms. The van der Waals surface area contributed by atoms with Crippen LogP contribution >= 0.6 is 0 Å². The van der Waals surface area contributed by atoms with Gasteiger partial charge in [0, 0.05) is 20.8 Å². The zero-order chi connectivity index (χ0) is 12.5. The van der Waals surface area contributed by atoms with Crippen LogP contribution in [0.1, 0.15) is 32.1 Å². The van der Waals surface area contributed by atoms with Crippen LogP contribution in [0, 0.1) is 5.92 Å². The van der Waals surface area contributed by atoms with Crippen LogP contribution in [0.2, 0.25) is 0 Å². The highest BCUT2D eigenvalue weighted by molar-refractivity contribution is 4.75. The van der Waals surface area contributed by atoms with Crippen molar-refractivity contribution in [3.8, 4) is 0 Å². The van der Waals surface area contributed by atoms with Crippen LogP contribution in [0.5, 0.6) is 0 Å². The summed E-state index contributed by atoms with van der Waals surface area (Å²) in [6, 6.07) is 0. The van der Waals surface area contributed by atoms with Crippen LogP contribution in [0.15, 0.2) is 12.7 Å². The van der Waals surface area contributed by atoms with Gasteiger partial charge in [-0.3, -0.25) is 0 Å². The lowest BCUT2D eigenvalue weighted by molar-refractivity contribution is -0.00180. The largest absolute Gasteiger partial charge is 0.381 e. The molecule has 1 aliphatic carbocycles. The van der Waals surface area contributed by atoms with E-state index in [1.165, 1.54) is 6.42 Å². The van der Waals surface area contributed by atoms with Crippen molar-refractivity contribution in [3.63, 3.8) is 0 Å². The summed E-state index contributed by atoms with van der Waals surface area (Å²) in [7, 11) is 3.61. The normalized spacial score (nSPS) is 30.6. The second kappa shape index (κ2) is 8.67. The molecule has 1 saturated carbocycles. The summed E-state index contributed by atoms with van der Waals surface area (Å²) in [6.07, 6.45) is 8.17. The maximum Gasteiger partial charge on any atom is 0.0644 e. The Morgan fingerprint density at radius 2 is 1.71 bits per heavy atom. The third kappa shape index (κ3) is 5.66. The fraction of sp³-hybridized carbons (Fsp3) is 0.857. The molecule has 17 heavy (non-hydrogen) atoms. The molecule has 2 atom stereocenters. The predicted molar refractivity (Wildman–Crippen MR) is 69.2 cm³/mol. The third-order valence-electron chi connectivity index (χ3n) is 3.50. The average molecular weight is 242 g/mol. The van der Waals surface area contributed by atoms with Crippen LogP contribution in [0.25, 0.3) is 0 Å². The highest BCUT2D eigenvalue weighted by atomic mass is 16.5. The lowest BCUT2D eigenvalue weighted by Crippen LogP contribution is -2.27. The van der Waals surface area contributed by atoms with E-state index in [2.05, 4.69) is 6.58 Å². The van der Waals surface area contributed by atoms with Crippen LogP contribution in [0.4, 0.5) is 0 Å². The Morgan fingerprint density at radius 1 is 1.12 bits per heavy atom. The van der Waals surface area contributed by atoms with Gasteiger partial charge in [-0.1, -0.05) is 6.08 Å². The summed E-state index contributed by atoms with van der Waals surface area (Å²) in [5.41, 5.74) is 0. The summed E-state index contributed by atoms with van der Waals surface area (Å²) in [6.45, 7) is 5.08. The van der Waals surface area contributed by atoms with Gasteiger partial charge in [-0.2, -0.15) is 0 Å². The van der Waals surface area contributed by atoms with E-state index in [-0.39, 0.29) is 0 Å². The van der Waals surface area contributed by atoms with E-state index in [0.717, 1.165) is 32.3 Å². The van der Waals surface area contributed by atoms with Gasteiger partial charge in [-0.25, -0.2) is 0 Å². The Bertz CT molecular complexity index is 192. The van der Waals surface area contributed by atoms with Crippen LogP contribution in [-0.4, -0.2) is 39.6 Å². The molecule has 0 radical (unpaired) electrons. The SMILES string of the molecule is C=CCOCC1CC(OC)CCCC(OC)C1. The number of hydrogen-bond donors (Lipinski definition) is 0. The quantitative estimate of drug-likeness (QED) is 0.529. The second-order valence-electron chi connectivity index (χ2n) is 4.81. The van der Waals surface area contributed by atoms with Crippen molar-refractivity contribution in [1.29, 1.82) is 0 Å². The second-order valence-corrected chi connectivity index (χ2v) is 4.81. The smallest absolute Gasteiger partial charge is 0.0644 e. The average Bonchev–Trinajstić information content (AvgIpc) is 2.32. The molecule has 0 bridgehead atoms. The van der Waals surface area contributed by atoms with Crippen molar-refractivity contribution in [2.75, 3.05) is 27.4 Å². The lowest BCUT2D eigenvalue weighted by Gasteiger charge is -2.29. The first kappa shape index (κ1) is 14.7. The van der Waals surface area contributed by atoms with Gasteiger partial charge in [-0.05, 0) is 38.0 Å². The van der Waals surface area contributed by atoms with Crippen molar-refractivity contribution in [2.45, 2.75) is 44.3 Å². The molecule has 0 aromatic rings. The molecule has 100 valence electrons. The zero-order valence-electron chi connectivity index (χ0n) is 11.2. The Balaban J connectivity index is 2.44. The molecule has 3 nitrogen and oxygen atoms in total. The molecule has 0 aromatic heterocycles. The molecule has 1 aliphatic rings. The molecule has 1 rings (SSSR count). The van der Waals surface area contributed by atoms with Gasteiger partial charge < -0.3 is 14.2 Å². The van der Waals surface area contributed by atoms with Gasteiger partial charge in [0.25, 0.3) is 0 Å². The van der Waals surface area contributed by atoms with E-state index in [9.17, 15) is 0 Å². The van der Waals surface area contributed by atoms with Gasteiger partial charge in [0.05, 0.1) is 18.8 Å². The van der Waals surface area contributed by atoms with Crippen molar-refractivity contribution in [2.24, 2.45) is 5.92 Å². The maximum atomic E-state index is 5.58. The minimum absolute atomic E-state index is 0.380. The van der Waals surface area contributed by atoms with Gasteiger partial charge >= 0.3 is 0 Å². The highest BCUT2D eigenvalue weighted by Crippen LogP contribution is 2.26. The molecule has 0 amide bonds. The molecule has 2 unspecified atom stereocenters. The first-order chi connectivity index (χ1) is 8.30. The number of rotatable bonds is 6. The van der Waals surface area contributed by atoms with Crippen LogP contribution in [-0.2, 0) is 14.2 Å². The van der Waals surface area contributed by atoms with Gasteiger partial charge in [0.2, 0.25) is 0 Å². The van der Waals surface area contributed by atoms with Crippen LogP contribution < -0.4 is 0 Å². The summed E-state index contributed by atoms with van der Waals surface area (Å²) in [4.78, 5) is 0. The Hall–Kier alpha value is -0.380. The van der Waals surface area contributed by atoms with E-state index in [0.29, 0.717) is 24.7 Å². The molecule has 0 aromatic carbocycles. The number of hydrogen-bond acceptors (Lipinski definition) is 3. The van der Waals surface area contributed by atoms with Crippen molar-refractivity contribution >= 4 is 0 Å². The predicted octanol–water partition coefficient (Wildman–Crippen LogP) is 2.80. The summed E-state index contributed by atoms with van der Waals surface area (Å²) in [5.74, 6) is 0.533. The Kier molecular flexibility index (Phi) is 7.49. The lowest BCUT2D eigenvalue weighted by atomic mass is 9.88. The monoisotopic (exact) mass is 242 g/mol. The fourth-order valence-electron chi connectivity index (χ4n) is 2.53. The van der Waals surface area contributed by atoms with E-state index in [1.54, 1.807) is 6.08 Å². The minimum Gasteiger partial charge on any atom is -0.381 e.